The Morgan fingerprint density at radius 2 is 1.58 bits per heavy atom. The molecule has 0 saturated heterocycles. The van der Waals surface area contributed by atoms with Crippen molar-refractivity contribution in [2.45, 2.75) is 33.1 Å². The van der Waals surface area contributed by atoms with Gasteiger partial charge in [-0.2, -0.15) is 0 Å². The zero-order valence-corrected chi connectivity index (χ0v) is 14.7. The van der Waals surface area contributed by atoms with Crippen molar-refractivity contribution in [2.75, 3.05) is 6.61 Å². The molecule has 0 amide bonds. The average Bonchev–Trinajstić information content (AvgIpc) is 3.02. The first-order valence-corrected chi connectivity index (χ1v) is 8.29. The summed E-state index contributed by atoms with van der Waals surface area (Å²) in [5, 5.41) is 0. The van der Waals surface area contributed by atoms with Crippen molar-refractivity contribution in [2.24, 2.45) is 0 Å². The largest absolute Gasteiger partial charge is 0.494 e. The predicted octanol–water partition coefficient (Wildman–Crippen LogP) is 5.70. The molecule has 1 aromatic heterocycles. The molecule has 124 valence electrons. The maximum atomic E-state index is 6.17. The number of rotatable bonds is 4. The summed E-state index contributed by atoms with van der Waals surface area (Å²) in [4.78, 5) is 4.79. The molecule has 0 spiro atoms. The molecule has 3 aromatic rings. The summed E-state index contributed by atoms with van der Waals surface area (Å²) in [6.07, 6.45) is 0. The second kappa shape index (κ2) is 6.52. The van der Waals surface area contributed by atoms with Crippen LogP contribution in [0, 0.1) is 0 Å². The molecule has 3 heteroatoms. The van der Waals surface area contributed by atoms with E-state index in [4.69, 9.17) is 14.1 Å². The number of hydrogen-bond donors (Lipinski definition) is 0. The highest BCUT2D eigenvalue weighted by Crippen LogP contribution is 2.36. The zero-order valence-electron chi connectivity index (χ0n) is 14.7. The molecule has 2 aromatic carbocycles. The standard InChI is InChI=1S/C21H23NO2/c1-5-23-17-13-11-16(12-14-17)19-18(15-9-7-6-8-10-15)22-20(24-19)21(2,3)4/h6-14H,5H2,1-4H3. The van der Waals surface area contributed by atoms with Gasteiger partial charge in [0.2, 0.25) is 5.89 Å². The summed E-state index contributed by atoms with van der Waals surface area (Å²) >= 11 is 0. The molecule has 1 heterocycles. The lowest BCUT2D eigenvalue weighted by molar-refractivity contribution is 0.340. The van der Waals surface area contributed by atoms with E-state index >= 15 is 0 Å². The second-order valence-corrected chi connectivity index (χ2v) is 6.77. The van der Waals surface area contributed by atoms with E-state index in [1.54, 1.807) is 0 Å². The fourth-order valence-electron chi connectivity index (χ4n) is 2.50. The fourth-order valence-corrected chi connectivity index (χ4v) is 2.50. The van der Waals surface area contributed by atoms with E-state index in [2.05, 4.69) is 32.9 Å². The first-order valence-electron chi connectivity index (χ1n) is 8.29. The van der Waals surface area contributed by atoms with Gasteiger partial charge in [0.05, 0.1) is 6.61 Å². The van der Waals surface area contributed by atoms with Crippen LogP contribution in [0.1, 0.15) is 33.6 Å². The highest BCUT2D eigenvalue weighted by Gasteiger charge is 2.25. The van der Waals surface area contributed by atoms with Gasteiger partial charge in [-0.3, -0.25) is 0 Å². The first kappa shape index (κ1) is 16.3. The molecular weight excluding hydrogens is 298 g/mol. The third kappa shape index (κ3) is 3.35. The van der Waals surface area contributed by atoms with Crippen LogP contribution < -0.4 is 4.74 Å². The van der Waals surface area contributed by atoms with Crippen LogP contribution in [-0.2, 0) is 5.41 Å². The van der Waals surface area contributed by atoms with Crippen LogP contribution in [0.2, 0.25) is 0 Å². The van der Waals surface area contributed by atoms with Crippen molar-refractivity contribution in [3.63, 3.8) is 0 Å². The number of nitrogens with zero attached hydrogens (tertiary/aromatic N) is 1. The summed E-state index contributed by atoms with van der Waals surface area (Å²) in [6.45, 7) is 8.96. The molecule has 24 heavy (non-hydrogen) atoms. The highest BCUT2D eigenvalue weighted by atomic mass is 16.5. The molecule has 0 N–H and O–H groups in total. The highest BCUT2D eigenvalue weighted by molar-refractivity contribution is 5.77. The topological polar surface area (TPSA) is 35.3 Å². The first-order chi connectivity index (χ1) is 11.5. The minimum atomic E-state index is -0.146. The van der Waals surface area contributed by atoms with Crippen LogP contribution in [0.15, 0.2) is 59.0 Å². The van der Waals surface area contributed by atoms with E-state index in [0.717, 1.165) is 34.2 Å². The molecule has 0 aliphatic carbocycles. The van der Waals surface area contributed by atoms with Crippen molar-refractivity contribution < 1.29 is 9.15 Å². The summed E-state index contributed by atoms with van der Waals surface area (Å²) in [5.41, 5.74) is 2.79. The number of oxazole rings is 1. The molecule has 0 atom stereocenters. The van der Waals surface area contributed by atoms with Gasteiger partial charge < -0.3 is 9.15 Å². The van der Waals surface area contributed by atoms with Gasteiger partial charge in [-0.1, -0.05) is 51.1 Å². The number of hydrogen-bond acceptors (Lipinski definition) is 3. The maximum absolute atomic E-state index is 6.17. The van der Waals surface area contributed by atoms with E-state index in [1.807, 2.05) is 49.4 Å². The number of benzene rings is 2. The monoisotopic (exact) mass is 321 g/mol. The summed E-state index contributed by atoms with van der Waals surface area (Å²) in [7, 11) is 0. The minimum absolute atomic E-state index is 0.146. The normalized spacial score (nSPS) is 11.5. The molecule has 0 saturated carbocycles. The SMILES string of the molecule is CCOc1ccc(-c2oc(C(C)(C)C)nc2-c2ccccc2)cc1. The Morgan fingerprint density at radius 3 is 2.17 bits per heavy atom. The van der Waals surface area contributed by atoms with E-state index in [1.165, 1.54) is 0 Å². The van der Waals surface area contributed by atoms with Gasteiger partial charge in [-0.15, -0.1) is 0 Å². The Balaban J connectivity index is 2.10. The lowest BCUT2D eigenvalue weighted by Gasteiger charge is -2.12. The van der Waals surface area contributed by atoms with E-state index < -0.39 is 0 Å². The molecule has 3 rings (SSSR count). The predicted molar refractivity (Wildman–Crippen MR) is 97.2 cm³/mol. The van der Waals surface area contributed by atoms with Gasteiger partial charge in [0, 0.05) is 16.5 Å². The van der Waals surface area contributed by atoms with Crippen LogP contribution >= 0.6 is 0 Å². The maximum Gasteiger partial charge on any atom is 0.200 e. The molecule has 0 unspecified atom stereocenters. The fraction of sp³-hybridized carbons (Fsp3) is 0.286. The van der Waals surface area contributed by atoms with Crippen LogP contribution in [0.4, 0.5) is 0 Å². The van der Waals surface area contributed by atoms with Crippen LogP contribution in [-0.4, -0.2) is 11.6 Å². The van der Waals surface area contributed by atoms with E-state index in [-0.39, 0.29) is 5.41 Å². The Bertz CT molecular complexity index is 796. The smallest absolute Gasteiger partial charge is 0.200 e. The lowest BCUT2D eigenvalue weighted by Crippen LogP contribution is -2.11. The Kier molecular flexibility index (Phi) is 4.43. The van der Waals surface area contributed by atoms with Gasteiger partial charge in [-0.25, -0.2) is 4.98 Å². The molecule has 0 radical (unpaired) electrons. The van der Waals surface area contributed by atoms with Crippen molar-refractivity contribution >= 4 is 0 Å². The second-order valence-electron chi connectivity index (χ2n) is 6.77. The third-order valence-corrected chi connectivity index (χ3v) is 3.74. The molecule has 3 nitrogen and oxygen atoms in total. The zero-order chi connectivity index (χ0) is 17.2. The Morgan fingerprint density at radius 1 is 0.917 bits per heavy atom. The van der Waals surface area contributed by atoms with Crippen molar-refractivity contribution in [1.82, 2.24) is 4.98 Å². The number of ether oxygens (including phenoxy) is 1. The molecule has 0 aliphatic rings. The summed E-state index contributed by atoms with van der Waals surface area (Å²) < 4.78 is 11.7. The van der Waals surface area contributed by atoms with Gasteiger partial charge in [0.15, 0.2) is 5.76 Å². The lowest BCUT2D eigenvalue weighted by atomic mass is 9.97. The Hall–Kier alpha value is -2.55. The van der Waals surface area contributed by atoms with Gasteiger partial charge in [-0.05, 0) is 31.2 Å². The minimum Gasteiger partial charge on any atom is -0.494 e. The van der Waals surface area contributed by atoms with Crippen molar-refractivity contribution in [3.8, 4) is 28.3 Å². The van der Waals surface area contributed by atoms with Crippen molar-refractivity contribution in [1.29, 1.82) is 0 Å². The summed E-state index contributed by atoms with van der Waals surface area (Å²) in [6, 6.07) is 18.1. The van der Waals surface area contributed by atoms with E-state index in [0.29, 0.717) is 6.61 Å². The molecular formula is C21H23NO2. The Labute approximate surface area is 143 Å². The van der Waals surface area contributed by atoms with Crippen molar-refractivity contribution in [3.05, 3.63) is 60.5 Å². The van der Waals surface area contributed by atoms with Crippen LogP contribution in [0.25, 0.3) is 22.6 Å². The molecule has 0 aliphatic heterocycles. The molecule has 0 fully saturated rings. The van der Waals surface area contributed by atoms with Crippen LogP contribution in [0.5, 0.6) is 5.75 Å². The van der Waals surface area contributed by atoms with Gasteiger partial charge in [0.1, 0.15) is 11.4 Å². The van der Waals surface area contributed by atoms with E-state index in [9.17, 15) is 0 Å². The van der Waals surface area contributed by atoms with Gasteiger partial charge in [0.25, 0.3) is 0 Å². The summed E-state index contributed by atoms with van der Waals surface area (Å²) in [5.74, 6) is 2.40. The molecule has 0 bridgehead atoms. The number of aromatic nitrogens is 1. The third-order valence-electron chi connectivity index (χ3n) is 3.74. The van der Waals surface area contributed by atoms with Crippen LogP contribution in [0.3, 0.4) is 0 Å². The quantitative estimate of drug-likeness (QED) is 0.618. The van der Waals surface area contributed by atoms with Gasteiger partial charge >= 0.3 is 0 Å². The average molecular weight is 321 g/mol.